The first kappa shape index (κ1) is 27.0. The smallest absolute Gasteiger partial charge is 0.201 e. The second-order valence-corrected chi connectivity index (χ2v) is 9.48. The fourth-order valence-corrected chi connectivity index (χ4v) is 4.79. The summed E-state index contributed by atoms with van der Waals surface area (Å²) < 4.78 is 55.4. The highest BCUT2D eigenvalue weighted by molar-refractivity contribution is 5.71. The van der Waals surface area contributed by atoms with Crippen LogP contribution in [-0.2, 0) is 4.74 Å². The van der Waals surface area contributed by atoms with Gasteiger partial charge in [0.25, 0.3) is 0 Å². The van der Waals surface area contributed by atoms with Crippen LogP contribution in [0.15, 0.2) is 67.3 Å². The van der Waals surface area contributed by atoms with Crippen LogP contribution in [0.4, 0.5) is 13.2 Å². The van der Waals surface area contributed by atoms with E-state index in [0.29, 0.717) is 29.7 Å². The van der Waals surface area contributed by atoms with E-state index in [-0.39, 0.29) is 35.8 Å². The Bertz CT molecular complexity index is 1200. The van der Waals surface area contributed by atoms with Crippen LogP contribution in [0.2, 0.25) is 0 Å². The average molecular weight is 511 g/mol. The first-order valence-electron chi connectivity index (χ1n) is 12.8. The zero-order valence-electron chi connectivity index (χ0n) is 21.1. The summed E-state index contributed by atoms with van der Waals surface area (Å²) >= 11 is 0. The van der Waals surface area contributed by atoms with Crippen LogP contribution in [0.1, 0.15) is 50.5 Å². The van der Waals surface area contributed by atoms with Gasteiger partial charge in [0.05, 0.1) is 25.4 Å². The summed E-state index contributed by atoms with van der Waals surface area (Å²) in [5.74, 6) is -2.43. The molecule has 3 aromatic carbocycles. The molecule has 3 nitrogen and oxygen atoms in total. The van der Waals surface area contributed by atoms with Crippen LogP contribution < -0.4 is 4.74 Å². The summed E-state index contributed by atoms with van der Waals surface area (Å²) in [6, 6.07) is 14.8. The molecule has 1 heterocycles. The van der Waals surface area contributed by atoms with Crippen molar-refractivity contribution in [1.82, 2.24) is 0 Å². The standard InChI is InChI=1S/C31H33F3O3/c1-3-5-17-36-29-16-14-25(30(33)31(29)34)21-9-7-20(8-10-21)24-13-11-22(18-26(24)32)23-12-15-28(37-19-23)27(35)6-4-2/h3,7-11,13-14,16,18,23,27-28,35H,1,4-6,12,15,17,19H2,2H3. The number of aliphatic hydroxyl groups is 1. The highest BCUT2D eigenvalue weighted by Gasteiger charge is 2.28. The number of ether oxygens (including phenoxy) is 2. The molecular weight excluding hydrogens is 477 g/mol. The Balaban J connectivity index is 1.45. The number of aliphatic hydroxyl groups excluding tert-OH is 1. The van der Waals surface area contributed by atoms with Gasteiger partial charge in [-0.1, -0.05) is 55.8 Å². The third-order valence-corrected chi connectivity index (χ3v) is 6.92. The Morgan fingerprint density at radius 2 is 1.70 bits per heavy atom. The molecule has 0 bridgehead atoms. The van der Waals surface area contributed by atoms with Crippen LogP contribution in [-0.4, -0.2) is 30.5 Å². The molecule has 0 aliphatic carbocycles. The topological polar surface area (TPSA) is 38.7 Å². The molecule has 0 radical (unpaired) electrons. The molecule has 196 valence electrons. The maximum Gasteiger partial charge on any atom is 0.201 e. The minimum absolute atomic E-state index is 0.0811. The van der Waals surface area contributed by atoms with Crippen LogP contribution in [0.25, 0.3) is 22.3 Å². The van der Waals surface area contributed by atoms with E-state index in [1.54, 1.807) is 42.5 Å². The van der Waals surface area contributed by atoms with Gasteiger partial charge in [-0.3, -0.25) is 0 Å². The molecule has 4 rings (SSSR count). The minimum Gasteiger partial charge on any atom is -0.490 e. The third kappa shape index (κ3) is 6.25. The van der Waals surface area contributed by atoms with Crippen molar-refractivity contribution >= 4 is 0 Å². The van der Waals surface area contributed by atoms with Crippen LogP contribution in [0.3, 0.4) is 0 Å². The van der Waals surface area contributed by atoms with Gasteiger partial charge in [0.2, 0.25) is 5.82 Å². The summed E-state index contributed by atoms with van der Waals surface area (Å²) in [5.41, 5.74) is 2.53. The molecular formula is C31H33F3O3. The van der Waals surface area contributed by atoms with Gasteiger partial charge in [0.1, 0.15) is 5.82 Å². The Morgan fingerprint density at radius 1 is 1.00 bits per heavy atom. The summed E-state index contributed by atoms with van der Waals surface area (Å²) in [7, 11) is 0. The van der Waals surface area contributed by atoms with E-state index in [0.717, 1.165) is 31.2 Å². The Morgan fingerprint density at radius 3 is 2.32 bits per heavy atom. The normalized spacial score (nSPS) is 18.4. The molecule has 1 aliphatic heterocycles. The van der Waals surface area contributed by atoms with Gasteiger partial charge >= 0.3 is 0 Å². The lowest BCUT2D eigenvalue weighted by Crippen LogP contribution is -2.34. The predicted molar refractivity (Wildman–Crippen MR) is 140 cm³/mol. The molecule has 3 atom stereocenters. The van der Waals surface area contributed by atoms with Crippen LogP contribution in [0.5, 0.6) is 5.75 Å². The quantitative estimate of drug-likeness (QED) is 0.223. The molecule has 3 unspecified atom stereocenters. The molecule has 3 aromatic rings. The average Bonchev–Trinajstić information content (AvgIpc) is 2.92. The Hall–Kier alpha value is -3.09. The number of hydrogen-bond donors (Lipinski definition) is 1. The van der Waals surface area contributed by atoms with Gasteiger partial charge in [0.15, 0.2) is 11.6 Å². The van der Waals surface area contributed by atoms with Gasteiger partial charge < -0.3 is 14.6 Å². The molecule has 0 saturated carbocycles. The molecule has 6 heteroatoms. The van der Waals surface area contributed by atoms with E-state index < -0.39 is 17.7 Å². The first-order chi connectivity index (χ1) is 17.9. The second kappa shape index (κ2) is 12.4. The van der Waals surface area contributed by atoms with E-state index in [1.807, 2.05) is 13.0 Å². The lowest BCUT2D eigenvalue weighted by molar-refractivity contribution is -0.0714. The van der Waals surface area contributed by atoms with E-state index in [2.05, 4.69) is 6.58 Å². The number of rotatable bonds is 10. The molecule has 0 spiro atoms. The number of benzene rings is 3. The zero-order chi connectivity index (χ0) is 26.4. The van der Waals surface area contributed by atoms with Gasteiger partial charge in [0, 0.05) is 17.0 Å². The summed E-state index contributed by atoms with van der Waals surface area (Å²) in [4.78, 5) is 0. The second-order valence-electron chi connectivity index (χ2n) is 9.48. The van der Waals surface area contributed by atoms with Crippen LogP contribution >= 0.6 is 0 Å². The Kier molecular flexibility index (Phi) is 9.06. The highest BCUT2D eigenvalue weighted by Crippen LogP contribution is 2.35. The fraction of sp³-hybridized carbons (Fsp3) is 0.355. The molecule has 1 N–H and O–H groups in total. The summed E-state index contributed by atoms with van der Waals surface area (Å²) in [6.45, 7) is 6.28. The molecule has 1 fully saturated rings. The van der Waals surface area contributed by atoms with Crippen molar-refractivity contribution < 1.29 is 27.8 Å². The molecule has 1 saturated heterocycles. The monoisotopic (exact) mass is 510 g/mol. The first-order valence-corrected chi connectivity index (χ1v) is 12.8. The molecule has 1 aliphatic rings. The van der Waals surface area contributed by atoms with Crippen molar-refractivity contribution in [3.05, 3.63) is 90.3 Å². The van der Waals surface area contributed by atoms with Gasteiger partial charge in [-0.25, -0.2) is 8.78 Å². The highest BCUT2D eigenvalue weighted by atomic mass is 19.2. The summed E-state index contributed by atoms with van der Waals surface area (Å²) in [6.07, 6.45) is 4.76. The number of hydrogen-bond acceptors (Lipinski definition) is 3. The number of halogens is 3. The third-order valence-electron chi connectivity index (χ3n) is 6.92. The van der Waals surface area contributed by atoms with Crippen molar-refractivity contribution in [1.29, 1.82) is 0 Å². The summed E-state index contributed by atoms with van der Waals surface area (Å²) in [5, 5.41) is 10.2. The van der Waals surface area contributed by atoms with E-state index in [1.165, 1.54) is 12.1 Å². The van der Waals surface area contributed by atoms with Gasteiger partial charge in [-0.05, 0) is 60.6 Å². The molecule has 37 heavy (non-hydrogen) atoms. The van der Waals surface area contributed by atoms with E-state index in [9.17, 15) is 13.9 Å². The largest absolute Gasteiger partial charge is 0.490 e. The SMILES string of the molecule is C=CCCOc1ccc(-c2ccc(-c3ccc(C4CCC(C(O)CCC)OC4)cc3F)cc2)c(F)c1F. The maximum absolute atomic E-state index is 15.1. The Labute approximate surface area is 216 Å². The van der Waals surface area contributed by atoms with Crippen molar-refractivity contribution in [2.24, 2.45) is 0 Å². The molecule has 0 aromatic heterocycles. The lowest BCUT2D eigenvalue weighted by Gasteiger charge is -2.32. The lowest BCUT2D eigenvalue weighted by atomic mass is 9.88. The zero-order valence-corrected chi connectivity index (χ0v) is 21.1. The minimum atomic E-state index is -1.04. The van der Waals surface area contributed by atoms with Crippen molar-refractivity contribution in [2.75, 3.05) is 13.2 Å². The van der Waals surface area contributed by atoms with Crippen molar-refractivity contribution in [3.8, 4) is 28.0 Å². The van der Waals surface area contributed by atoms with E-state index >= 15 is 4.39 Å². The van der Waals surface area contributed by atoms with Gasteiger partial charge in [-0.15, -0.1) is 6.58 Å². The van der Waals surface area contributed by atoms with Crippen LogP contribution in [0, 0.1) is 17.5 Å². The predicted octanol–water partition coefficient (Wildman–Crippen LogP) is 7.82. The molecule has 0 amide bonds. The van der Waals surface area contributed by atoms with Crippen molar-refractivity contribution in [3.63, 3.8) is 0 Å². The fourth-order valence-electron chi connectivity index (χ4n) is 4.79. The van der Waals surface area contributed by atoms with Gasteiger partial charge in [-0.2, -0.15) is 4.39 Å². The maximum atomic E-state index is 15.1. The van der Waals surface area contributed by atoms with E-state index in [4.69, 9.17) is 9.47 Å². The van der Waals surface area contributed by atoms with Crippen molar-refractivity contribution in [2.45, 2.75) is 57.2 Å².